The molecule has 1 atom stereocenters. The Labute approximate surface area is 103 Å². The molecule has 0 spiro atoms. The Kier molecular flexibility index (Phi) is 4.60. The van der Waals surface area contributed by atoms with Gasteiger partial charge in [-0.3, -0.25) is 4.79 Å². The highest BCUT2D eigenvalue weighted by molar-refractivity contribution is 5.89. The molecule has 2 nitrogen and oxygen atoms in total. The van der Waals surface area contributed by atoms with E-state index in [4.69, 9.17) is 4.42 Å². The minimum atomic E-state index is 0.292. The molecule has 2 rings (SSSR count). The zero-order chi connectivity index (χ0) is 11.9. The minimum Gasteiger partial charge on any atom is -0.469 e. The van der Waals surface area contributed by atoms with Crippen LogP contribution >= 0.6 is 0 Å². The van der Waals surface area contributed by atoms with Crippen LogP contribution < -0.4 is 0 Å². The molecule has 1 aromatic heterocycles. The molecule has 1 aromatic rings. The number of carbonyl (C=O) groups is 1. The predicted octanol–water partition coefficient (Wildman–Crippen LogP) is 3.92. The average Bonchev–Trinajstić information content (AvgIpc) is 2.80. The first-order valence-corrected chi connectivity index (χ1v) is 6.58. The zero-order valence-corrected chi connectivity index (χ0v) is 10.2. The maximum Gasteiger partial charge on any atom is 0.155 e. The van der Waals surface area contributed by atoms with E-state index in [1.807, 2.05) is 12.1 Å². The second-order valence-electron chi connectivity index (χ2n) is 4.80. The van der Waals surface area contributed by atoms with Crippen LogP contribution in [0.15, 0.2) is 35.0 Å². The van der Waals surface area contributed by atoms with Crippen LogP contribution in [0.1, 0.15) is 44.3 Å². The van der Waals surface area contributed by atoms with Gasteiger partial charge in [-0.05, 0) is 49.8 Å². The van der Waals surface area contributed by atoms with Crippen molar-refractivity contribution in [2.75, 3.05) is 0 Å². The SMILES string of the molecule is O=C1/C=C\C(CCCc2ccco2)CCCC1. The second-order valence-corrected chi connectivity index (χ2v) is 4.80. The minimum absolute atomic E-state index is 0.292. The van der Waals surface area contributed by atoms with Gasteiger partial charge >= 0.3 is 0 Å². The highest BCUT2D eigenvalue weighted by atomic mass is 16.3. The molecule has 92 valence electrons. The van der Waals surface area contributed by atoms with Crippen molar-refractivity contribution in [2.45, 2.75) is 44.9 Å². The highest BCUT2D eigenvalue weighted by Gasteiger charge is 2.10. The molecule has 1 heterocycles. The van der Waals surface area contributed by atoms with Gasteiger partial charge in [0.1, 0.15) is 5.76 Å². The van der Waals surface area contributed by atoms with Crippen LogP contribution in [0.2, 0.25) is 0 Å². The second kappa shape index (κ2) is 6.43. The molecular formula is C15H20O2. The Morgan fingerprint density at radius 1 is 1.35 bits per heavy atom. The molecule has 0 amide bonds. The van der Waals surface area contributed by atoms with Gasteiger partial charge in [-0.1, -0.05) is 12.5 Å². The van der Waals surface area contributed by atoms with Crippen LogP contribution in [0.5, 0.6) is 0 Å². The third-order valence-electron chi connectivity index (χ3n) is 3.38. The van der Waals surface area contributed by atoms with E-state index in [1.165, 1.54) is 12.8 Å². The third-order valence-corrected chi connectivity index (χ3v) is 3.38. The quantitative estimate of drug-likeness (QED) is 0.787. The molecule has 17 heavy (non-hydrogen) atoms. The van der Waals surface area contributed by atoms with E-state index in [1.54, 1.807) is 12.3 Å². The number of rotatable bonds is 4. The Morgan fingerprint density at radius 2 is 2.29 bits per heavy atom. The van der Waals surface area contributed by atoms with Gasteiger partial charge in [-0.25, -0.2) is 0 Å². The third kappa shape index (κ3) is 4.22. The Morgan fingerprint density at radius 3 is 3.12 bits per heavy atom. The molecule has 0 bridgehead atoms. The molecule has 1 unspecified atom stereocenters. The van der Waals surface area contributed by atoms with Gasteiger partial charge < -0.3 is 4.42 Å². The predicted molar refractivity (Wildman–Crippen MR) is 67.8 cm³/mol. The van der Waals surface area contributed by atoms with Crippen molar-refractivity contribution in [2.24, 2.45) is 5.92 Å². The average molecular weight is 232 g/mol. The van der Waals surface area contributed by atoms with Gasteiger partial charge in [-0.2, -0.15) is 0 Å². The molecule has 1 aliphatic carbocycles. The molecule has 0 saturated carbocycles. The molecule has 0 fully saturated rings. The van der Waals surface area contributed by atoms with E-state index in [-0.39, 0.29) is 0 Å². The Bertz CT molecular complexity index is 362. The monoisotopic (exact) mass is 232 g/mol. The standard InChI is InChI=1S/C15H20O2/c16-14-7-2-1-5-13(10-11-14)6-3-8-15-9-4-12-17-15/h4,9-13H,1-3,5-8H2/b11-10-. The first kappa shape index (κ1) is 12.2. The van der Waals surface area contributed by atoms with Crippen molar-refractivity contribution in [3.8, 4) is 0 Å². The van der Waals surface area contributed by atoms with E-state index in [2.05, 4.69) is 6.08 Å². The van der Waals surface area contributed by atoms with Crippen molar-refractivity contribution in [1.82, 2.24) is 0 Å². The summed E-state index contributed by atoms with van der Waals surface area (Å²) in [7, 11) is 0. The van der Waals surface area contributed by atoms with Gasteiger partial charge in [0, 0.05) is 12.8 Å². The highest BCUT2D eigenvalue weighted by Crippen LogP contribution is 2.21. The van der Waals surface area contributed by atoms with Crippen molar-refractivity contribution in [1.29, 1.82) is 0 Å². The lowest BCUT2D eigenvalue weighted by Crippen LogP contribution is -2.04. The van der Waals surface area contributed by atoms with Crippen LogP contribution in [0, 0.1) is 5.92 Å². The van der Waals surface area contributed by atoms with E-state index < -0.39 is 0 Å². The van der Waals surface area contributed by atoms with Crippen molar-refractivity contribution in [3.05, 3.63) is 36.3 Å². The van der Waals surface area contributed by atoms with E-state index in [9.17, 15) is 4.79 Å². The summed E-state index contributed by atoms with van der Waals surface area (Å²) in [6.45, 7) is 0. The number of ketones is 1. The molecule has 0 N–H and O–H groups in total. The lowest BCUT2D eigenvalue weighted by molar-refractivity contribution is -0.114. The van der Waals surface area contributed by atoms with Crippen molar-refractivity contribution < 1.29 is 9.21 Å². The van der Waals surface area contributed by atoms with Gasteiger partial charge in [0.2, 0.25) is 0 Å². The lowest BCUT2D eigenvalue weighted by Gasteiger charge is -2.14. The van der Waals surface area contributed by atoms with Crippen LogP contribution in [0.25, 0.3) is 0 Å². The van der Waals surface area contributed by atoms with Crippen LogP contribution in [0.4, 0.5) is 0 Å². The molecule has 2 heteroatoms. The van der Waals surface area contributed by atoms with Crippen LogP contribution in [-0.2, 0) is 11.2 Å². The molecule has 0 aromatic carbocycles. The summed E-state index contributed by atoms with van der Waals surface area (Å²) in [5, 5.41) is 0. The summed E-state index contributed by atoms with van der Waals surface area (Å²) < 4.78 is 5.31. The molecule has 0 aliphatic heterocycles. The van der Waals surface area contributed by atoms with Gasteiger partial charge in [0.15, 0.2) is 5.78 Å². The maximum absolute atomic E-state index is 11.3. The van der Waals surface area contributed by atoms with Gasteiger partial charge in [0.25, 0.3) is 0 Å². The largest absolute Gasteiger partial charge is 0.469 e. The fourth-order valence-corrected chi connectivity index (χ4v) is 2.36. The van der Waals surface area contributed by atoms with Crippen LogP contribution in [0.3, 0.4) is 0 Å². The summed E-state index contributed by atoms with van der Waals surface area (Å²) in [5.74, 6) is 1.94. The summed E-state index contributed by atoms with van der Waals surface area (Å²) in [5.41, 5.74) is 0. The fraction of sp³-hybridized carbons (Fsp3) is 0.533. The van der Waals surface area contributed by atoms with Crippen molar-refractivity contribution in [3.63, 3.8) is 0 Å². The topological polar surface area (TPSA) is 30.2 Å². The van der Waals surface area contributed by atoms with Gasteiger partial charge in [-0.15, -0.1) is 0 Å². The lowest BCUT2D eigenvalue weighted by atomic mass is 9.92. The summed E-state index contributed by atoms with van der Waals surface area (Å²) >= 11 is 0. The van der Waals surface area contributed by atoms with Crippen molar-refractivity contribution >= 4 is 5.78 Å². The number of aryl methyl sites for hydroxylation is 1. The molecular weight excluding hydrogens is 212 g/mol. The fourth-order valence-electron chi connectivity index (χ4n) is 2.36. The number of furan rings is 1. The molecule has 0 saturated heterocycles. The van der Waals surface area contributed by atoms with E-state index >= 15 is 0 Å². The molecule has 0 radical (unpaired) electrons. The van der Waals surface area contributed by atoms with E-state index in [0.29, 0.717) is 11.7 Å². The summed E-state index contributed by atoms with van der Waals surface area (Å²) in [6.07, 6.45) is 13.1. The normalized spacial score (nSPS) is 23.1. The zero-order valence-electron chi connectivity index (χ0n) is 10.2. The number of carbonyl (C=O) groups excluding carboxylic acids is 1. The smallest absolute Gasteiger partial charge is 0.155 e. The summed E-state index contributed by atoms with van der Waals surface area (Å²) in [6, 6.07) is 3.96. The molecule has 1 aliphatic rings. The Hall–Kier alpha value is -1.31. The maximum atomic E-state index is 11.3. The number of hydrogen-bond donors (Lipinski definition) is 0. The van der Waals surface area contributed by atoms with Crippen LogP contribution in [-0.4, -0.2) is 5.78 Å². The Balaban J connectivity index is 1.75. The van der Waals surface area contributed by atoms with E-state index in [0.717, 1.165) is 37.9 Å². The number of allylic oxidation sites excluding steroid dienone is 2. The first-order chi connectivity index (χ1) is 8.34. The summed E-state index contributed by atoms with van der Waals surface area (Å²) in [4.78, 5) is 11.3. The van der Waals surface area contributed by atoms with Gasteiger partial charge in [0.05, 0.1) is 6.26 Å². The first-order valence-electron chi connectivity index (χ1n) is 6.58. The number of hydrogen-bond acceptors (Lipinski definition) is 2.